The van der Waals surface area contributed by atoms with E-state index in [4.69, 9.17) is 5.11 Å². The Morgan fingerprint density at radius 1 is 1.40 bits per heavy atom. The maximum atomic E-state index is 9.70. The standard InChI is InChI=1S/C4H8O2.C4H8/c1-3(2)4(5)6;1-4(2)3/h3H,1-2H3,(H,5,6);1H2,2-3H3. The van der Waals surface area contributed by atoms with E-state index in [1.807, 2.05) is 13.8 Å². The van der Waals surface area contributed by atoms with Crippen LogP contribution in [-0.4, -0.2) is 11.1 Å². The zero-order valence-electron chi connectivity index (χ0n) is 7.14. The van der Waals surface area contributed by atoms with Crippen LogP contribution in [-0.2, 0) is 4.79 Å². The predicted octanol–water partition coefficient (Wildman–Crippen LogP) is 2.31. The van der Waals surface area contributed by atoms with Gasteiger partial charge in [-0.3, -0.25) is 4.79 Å². The van der Waals surface area contributed by atoms with Crippen LogP contribution >= 0.6 is 0 Å². The first kappa shape index (κ1) is 11.9. The van der Waals surface area contributed by atoms with E-state index in [2.05, 4.69) is 6.58 Å². The molecular weight excluding hydrogens is 128 g/mol. The van der Waals surface area contributed by atoms with E-state index >= 15 is 0 Å². The van der Waals surface area contributed by atoms with Gasteiger partial charge in [-0.15, -0.1) is 6.58 Å². The Morgan fingerprint density at radius 2 is 1.50 bits per heavy atom. The zero-order valence-corrected chi connectivity index (χ0v) is 7.14. The number of carbonyl (C=O) groups is 1. The quantitative estimate of drug-likeness (QED) is 0.573. The normalized spacial score (nSPS) is 8.10. The van der Waals surface area contributed by atoms with Crippen molar-refractivity contribution in [2.75, 3.05) is 0 Å². The minimum atomic E-state index is -0.741. The molecule has 0 unspecified atom stereocenters. The minimum Gasteiger partial charge on any atom is -0.481 e. The Hall–Kier alpha value is -0.790. The highest BCUT2D eigenvalue weighted by molar-refractivity contribution is 5.68. The van der Waals surface area contributed by atoms with Crippen LogP contribution in [0.3, 0.4) is 0 Å². The lowest BCUT2D eigenvalue weighted by Crippen LogP contribution is -2.03. The summed E-state index contributed by atoms with van der Waals surface area (Å²) in [5, 5.41) is 7.99. The molecule has 0 aliphatic carbocycles. The fraction of sp³-hybridized carbons (Fsp3) is 0.625. The lowest BCUT2D eigenvalue weighted by molar-refractivity contribution is -0.140. The summed E-state index contributed by atoms with van der Waals surface area (Å²) in [7, 11) is 0. The van der Waals surface area contributed by atoms with Crippen molar-refractivity contribution in [2.45, 2.75) is 27.7 Å². The summed E-state index contributed by atoms with van der Waals surface area (Å²) in [5.41, 5.74) is 1.17. The Labute approximate surface area is 62.6 Å². The molecule has 2 nitrogen and oxygen atoms in total. The van der Waals surface area contributed by atoms with Crippen LogP contribution in [0.4, 0.5) is 0 Å². The largest absolute Gasteiger partial charge is 0.481 e. The van der Waals surface area contributed by atoms with Gasteiger partial charge in [-0.25, -0.2) is 0 Å². The highest BCUT2D eigenvalue weighted by Gasteiger charge is 1.99. The fourth-order valence-corrected chi connectivity index (χ4v) is 0. The van der Waals surface area contributed by atoms with Gasteiger partial charge >= 0.3 is 5.97 Å². The number of carboxylic acids is 1. The molecule has 0 saturated carbocycles. The summed E-state index contributed by atoms with van der Waals surface area (Å²) in [6.45, 7) is 10.8. The number of carboxylic acid groups (broad SMARTS) is 1. The Morgan fingerprint density at radius 3 is 1.50 bits per heavy atom. The number of aliphatic carboxylic acids is 1. The molecule has 1 N–H and O–H groups in total. The van der Waals surface area contributed by atoms with E-state index in [0.29, 0.717) is 0 Å². The van der Waals surface area contributed by atoms with Gasteiger partial charge in [0, 0.05) is 0 Å². The number of rotatable bonds is 1. The number of hydrogen-bond acceptors (Lipinski definition) is 1. The zero-order chi connectivity index (χ0) is 8.73. The molecule has 0 fully saturated rings. The topological polar surface area (TPSA) is 37.3 Å². The second-order valence-electron chi connectivity index (χ2n) is 2.70. The first-order valence-corrected chi connectivity index (χ1v) is 3.22. The van der Waals surface area contributed by atoms with Crippen LogP contribution in [0, 0.1) is 5.92 Å². The predicted molar refractivity (Wildman–Crippen MR) is 43.0 cm³/mol. The fourth-order valence-electron chi connectivity index (χ4n) is 0. The molecule has 0 amide bonds. The molecule has 0 heterocycles. The molecule has 60 valence electrons. The van der Waals surface area contributed by atoms with Crippen LogP contribution in [0.1, 0.15) is 27.7 Å². The monoisotopic (exact) mass is 144 g/mol. The van der Waals surface area contributed by atoms with Crippen LogP contribution in [0.25, 0.3) is 0 Å². The summed E-state index contributed by atoms with van der Waals surface area (Å²) >= 11 is 0. The highest BCUT2D eigenvalue weighted by Crippen LogP contribution is 1.87. The summed E-state index contributed by atoms with van der Waals surface area (Å²) < 4.78 is 0. The molecule has 2 heteroatoms. The van der Waals surface area contributed by atoms with Crippen molar-refractivity contribution in [3.05, 3.63) is 12.2 Å². The molecule has 0 bridgehead atoms. The molecule has 0 rings (SSSR count). The summed E-state index contributed by atoms with van der Waals surface area (Å²) in [6, 6.07) is 0. The van der Waals surface area contributed by atoms with Gasteiger partial charge in [-0.1, -0.05) is 19.4 Å². The number of allylic oxidation sites excluding steroid dienone is 1. The van der Waals surface area contributed by atoms with Crippen molar-refractivity contribution >= 4 is 5.97 Å². The molecule has 10 heavy (non-hydrogen) atoms. The lowest BCUT2D eigenvalue weighted by Gasteiger charge is -1.89. The van der Waals surface area contributed by atoms with Gasteiger partial charge in [0.25, 0.3) is 0 Å². The molecule has 0 aromatic heterocycles. The van der Waals surface area contributed by atoms with E-state index in [0.717, 1.165) is 0 Å². The molecular formula is C8H16O2. The van der Waals surface area contributed by atoms with Crippen LogP contribution in [0.2, 0.25) is 0 Å². The highest BCUT2D eigenvalue weighted by atomic mass is 16.4. The summed E-state index contributed by atoms with van der Waals surface area (Å²) in [5.74, 6) is -0.972. The first-order valence-electron chi connectivity index (χ1n) is 3.22. The molecule has 0 radical (unpaired) electrons. The molecule has 0 saturated heterocycles. The molecule has 0 aliphatic rings. The Balaban J connectivity index is 0. The Bertz CT molecular complexity index is 110. The van der Waals surface area contributed by atoms with Gasteiger partial charge in [0.05, 0.1) is 5.92 Å². The summed E-state index contributed by atoms with van der Waals surface area (Å²) in [4.78, 5) is 9.70. The lowest BCUT2D eigenvalue weighted by atomic mass is 10.2. The van der Waals surface area contributed by atoms with Crippen molar-refractivity contribution in [2.24, 2.45) is 5.92 Å². The molecule has 0 aromatic rings. The van der Waals surface area contributed by atoms with E-state index in [-0.39, 0.29) is 5.92 Å². The maximum absolute atomic E-state index is 9.70. The van der Waals surface area contributed by atoms with Crippen molar-refractivity contribution in [1.82, 2.24) is 0 Å². The van der Waals surface area contributed by atoms with Gasteiger partial charge in [-0.2, -0.15) is 0 Å². The summed E-state index contributed by atoms with van der Waals surface area (Å²) in [6.07, 6.45) is 0. The number of hydrogen-bond donors (Lipinski definition) is 1. The van der Waals surface area contributed by atoms with Crippen molar-refractivity contribution in [3.63, 3.8) is 0 Å². The van der Waals surface area contributed by atoms with Crippen LogP contribution in [0.15, 0.2) is 12.2 Å². The third kappa shape index (κ3) is 27.0. The van der Waals surface area contributed by atoms with E-state index in [1.54, 1.807) is 13.8 Å². The van der Waals surface area contributed by atoms with Gasteiger partial charge in [0.1, 0.15) is 0 Å². The van der Waals surface area contributed by atoms with E-state index in [1.165, 1.54) is 5.57 Å². The third-order valence-electron chi connectivity index (χ3n) is 0.494. The third-order valence-corrected chi connectivity index (χ3v) is 0.494. The van der Waals surface area contributed by atoms with Crippen molar-refractivity contribution < 1.29 is 9.90 Å². The van der Waals surface area contributed by atoms with Gasteiger partial charge in [0.15, 0.2) is 0 Å². The maximum Gasteiger partial charge on any atom is 0.305 e. The molecule has 0 spiro atoms. The van der Waals surface area contributed by atoms with Gasteiger partial charge in [0.2, 0.25) is 0 Å². The average molecular weight is 144 g/mol. The average Bonchev–Trinajstić information content (AvgIpc) is 1.63. The smallest absolute Gasteiger partial charge is 0.305 e. The van der Waals surface area contributed by atoms with Crippen molar-refractivity contribution in [1.29, 1.82) is 0 Å². The molecule has 0 atom stereocenters. The first-order chi connectivity index (χ1) is 4.37. The molecule has 0 aromatic carbocycles. The van der Waals surface area contributed by atoms with Crippen LogP contribution < -0.4 is 0 Å². The van der Waals surface area contributed by atoms with Crippen molar-refractivity contribution in [3.8, 4) is 0 Å². The van der Waals surface area contributed by atoms with E-state index in [9.17, 15) is 4.79 Å². The second-order valence-corrected chi connectivity index (χ2v) is 2.70. The SMILES string of the molecule is C=C(C)C.CC(C)C(=O)O. The minimum absolute atomic E-state index is 0.231. The second kappa shape index (κ2) is 6.33. The van der Waals surface area contributed by atoms with E-state index < -0.39 is 5.97 Å². The van der Waals surface area contributed by atoms with Gasteiger partial charge < -0.3 is 5.11 Å². The van der Waals surface area contributed by atoms with Crippen LogP contribution in [0.5, 0.6) is 0 Å². The van der Waals surface area contributed by atoms with Gasteiger partial charge in [-0.05, 0) is 13.8 Å². The Kier molecular flexibility index (Phi) is 7.56. The molecule has 0 aliphatic heterocycles.